The summed E-state index contributed by atoms with van der Waals surface area (Å²) in [6.45, 7) is 5.17. The summed E-state index contributed by atoms with van der Waals surface area (Å²) in [5.41, 5.74) is 3.39. The number of nitrogens with zero attached hydrogens (tertiary/aromatic N) is 1. The van der Waals surface area contributed by atoms with Gasteiger partial charge in [0.25, 0.3) is 5.91 Å². The number of carbonyl (C=O) groups is 1. The van der Waals surface area contributed by atoms with Gasteiger partial charge in [0, 0.05) is 16.9 Å². The minimum atomic E-state index is -0.357. The average molecular weight is 496 g/mol. The van der Waals surface area contributed by atoms with Crippen LogP contribution in [0.4, 0.5) is 11.4 Å². The molecule has 6 nitrogen and oxygen atoms in total. The van der Waals surface area contributed by atoms with E-state index in [0.29, 0.717) is 10.8 Å². The first-order valence-corrected chi connectivity index (χ1v) is 12.1. The Bertz CT molecular complexity index is 1100. The van der Waals surface area contributed by atoms with Crippen molar-refractivity contribution < 1.29 is 14.4 Å². The van der Waals surface area contributed by atoms with Crippen LogP contribution in [0.25, 0.3) is 0 Å². The number of amides is 1. The first-order chi connectivity index (χ1) is 16.6. The average Bonchev–Trinajstić information content (AvgIpc) is 2.85. The number of halogens is 1. The molecule has 0 bridgehead atoms. The highest BCUT2D eigenvalue weighted by molar-refractivity contribution is 7.80. The smallest absolute Gasteiger partial charge is 0.264 e. The van der Waals surface area contributed by atoms with Gasteiger partial charge in [0.2, 0.25) is 0 Å². The molecule has 0 aromatic heterocycles. The van der Waals surface area contributed by atoms with Crippen molar-refractivity contribution in [3.8, 4) is 5.75 Å². The Kier molecular flexibility index (Phi) is 8.36. The number of hydrogen-bond donors (Lipinski definition) is 3. The minimum absolute atomic E-state index is 0.178. The van der Waals surface area contributed by atoms with E-state index in [1.807, 2.05) is 12.1 Å². The third-order valence-corrected chi connectivity index (χ3v) is 6.22. The van der Waals surface area contributed by atoms with E-state index in [2.05, 4.69) is 58.0 Å². The van der Waals surface area contributed by atoms with Gasteiger partial charge in [-0.25, -0.2) is 0 Å². The molecule has 3 aromatic rings. The number of para-hydroxylation sites is 1. The largest absolute Gasteiger partial charge is 0.482 e. The summed E-state index contributed by atoms with van der Waals surface area (Å²) in [4.78, 5) is 16.1. The Labute approximate surface area is 210 Å². The van der Waals surface area contributed by atoms with Gasteiger partial charge < -0.3 is 19.9 Å². The standard InChI is InChI=1S/C26H27ClN4O2S/c27-23-8-4-5-9-24(23)33-19-25(32)29-26(34)28-21-10-12-22(13-11-21)31-16-14-30(15-17-31)18-20-6-2-1-3-7-20/h1-13H,14-19H2,(H2,28,29,32,34)/p+1. The van der Waals surface area contributed by atoms with Crippen LogP contribution in [-0.4, -0.2) is 43.8 Å². The van der Waals surface area contributed by atoms with Gasteiger partial charge in [-0.15, -0.1) is 0 Å². The van der Waals surface area contributed by atoms with Crippen molar-refractivity contribution in [3.63, 3.8) is 0 Å². The predicted molar refractivity (Wildman–Crippen MR) is 141 cm³/mol. The number of anilines is 2. The highest BCUT2D eigenvalue weighted by Crippen LogP contribution is 2.23. The van der Waals surface area contributed by atoms with Gasteiger partial charge in [-0.3, -0.25) is 10.1 Å². The highest BCUT2D eigenvalue weighted by Gasteiger charge is 2.20. The molecular formula is C26H28ClN4O2S+. The summed E-state index contributed by atoms with van der Waals surface area (Å²) in [6.07, 6.45) is 0. The predicted octanol–water partition coefficient (Wildman–Crippen LogP) is 3.14. The molecule has 1 amide bonds. The maximum absolute atomic E-state index is 12.1. The monoisotopic (exact) mass is 495 g/mol. The van der Waals surface area contributed by atoms with Gasteiger partial charge in [-0.05, 0) is 48.6 Å². The van der Waals surface area contributed by atoms with E-state index in [-0.39, 0.29) is 17.6 Å². The van der Waals surface area contributed by atoms with E-state index < -0.39 is 0 Å². The number of nitrogens with one attached hydrogen (secondary N) is 3. The van der Waals surface area contributed by atoms with Gasteiger partial charge in [-0.1, -0.05) is 54.1 Å². The zero-order valence-corrected chi connectivity index (χ0v) is 20.4. The van der Waals surface area contributed by atoms with Gasteiger partial charge in [0.05, 0.1) is 31.2 Å². The second-order valence-electron chi connectivity index (χ2n) is 8.17. The summed E-state index contributed by atoms with van der Waals surface area (Å²) in [6, 6.07) is 25.8. The number of rotatable bonds is 7. The number of quaternary nitrogens is 1. The fraction of sp³-hybridized carbons (Fsp3) is 0.231. The lowest BCUT2D eigenvalue weighted by molar-refractivity contribution is -0.914. The summed E-state index contributed by atoms with van der Waals surface area (Å²) in [5, 5.41) is 6.34. The third-order valence-electron chi connectivity index (χ3n) is 5.71. The molecule has 1 saturated heterocycles. The number of thiocarbonyl (C=S) groups is 1. The maximum atomic E-state index is 12.1. The van der Waals surface area contributed by atoms with E-state index in [1.165, 1.54) is 11.3 Å². The van der Waals surface area contributed by atoms with E-state index in [0.717, 1.165) is 38.4 Å². The molecule has 3 aromatic carbocycles. The van der Waals surface area contributed by atoms with Crippen molar-refractivity contribution >= 4 is 46.2 Å². The van der Waals surface area contributed by atoms with Crippen LogP contribution in [0, 0.1) is 0 Å². The fourth-order valence-corrected chi connectivity index (χ4v) is 4.35. The fourth-order valence-electron chi connectivity index (χ4n) is 3.93. The number of piperazine rings is 1. The van der Waals surface area contributed by atoms with Crippen LogP contribution in [0.2, 0.25) is 5.02 Å². The van der Waals surface area contributed by atoms with E-state index in [9.17, 15) is 4.79 Å². The Balaban J connectivity index is 1.20. The van der Waals surface area contributed by atoms with Crippen LogP contribution in [0.3, 0.4) is 0 Å². The van der Waals surface area contributed by atoms with Crippen molar-refractivity contribution in [2.75, 3.05) is 43.0 Å². The lowest BCUT2D eigenvalue weighted by Gasteiger charge is -2.33. The molecule has 0 unspecified atom stereocenters. The zero-order chi connectivity index (χ0) is 23.8. The van der Waals surface area contributed by atoms with Crippen LogP contribution < -0.4 is 25.2 Å². The number of carbonyl (C=O) groups excluding carboxylic acids is 1. The van der Waals surface area contributed by atoms with E-state index >= 15 is 0 Å². The van der Waals surface area contributed by atoms with Crippen molar-refractivity contribution in [2.24, 2.45) is 0 Å². The molecule has 0 radical (unpaired) electrons. The van der Waals surface area contributed by atoms with Crippen molar-refractivity contribution in [2.45, 2.75) is 6.54 Å². The van der Waals surface area contributed by atoms with Crippen molar-refractivity contribution in [1.29, 1.82) is 0 Å². The molecular weight excluding hydrogens is 468 g/mol. The molecule has 8 heteroatoms. The third kappa shape index (κ3) is 6.93. The molecule has 0 saturated carbocycles. The Morgan fingerprint density at radius 3 is 2.35 bits per heavy atom. The van der Waals surface area contributed by atoms with E-state index in [4.69, 9.17) is 28.6 Å². The number of hydrogen-bond acceptors (Lipinski definition) is 4. The number of benzene rings is 3. The lowest BCUT2D eigenvalue weighted by atomic mass is 10.2. The summed E-state index contributed by atoms with van der Waals surface area (Å²) in [5.74, 6) is 0.0983. The second-order valence-corrected chi connectivity index (χ2v) is 8.98. The van der Waals surface area contributed by atoms with E-state index in [1.54, 1.807) is 29.2 Å². The lowest BCUT2D eigenvalue weighted by Crippen LogP contribution is -3.13. The van der Waals surface area contributed by atoms with Gasteiger partial charge in [0.15, 0.2) is 11.7 Å². The number of ether oxygens (including phenoxy) is 1. The van der Waals surface area contributed by atoms with Crippen LogP contribution in [0.5, 0.6) is 5.75 Å². The SMILES string of the molecule is O=C(COc1ccccc1Cl)NC(=S)Nc1ccc(N2CC[NH+](Cc3ccccc3)CC2)cc1. The van der Waals surface area contributed by atoms with Crippen LogP contribution in [-0.2, 0) is 11.3 Å². The molecule has 4 rings (SSSR count). The van der Waals surface area contributed by atoms with Gasteiger partial charge >= 0.3 is 0 Å². The van der Waals surface area contributed by atoms with Gasteiger partial charge in [-0.2, -0.15) is 0 Å². The Hall–Kier alpha value is -3.13. The Morgan fingerprint density at radius 1 is 0.971 bits per heavy atom. The summed E-state index contributed by atoms with van der Waals surface area (Å²) < 4.78 is 5.43. The van der Waals surface area contributed by atoms with Crippen LogP contribution in [0.1, 0.15) is 5.56 Å². The minimum Gasteiger partial charge on any atom is -0.482 e. The summed E-state index contributed by atoms with van der Waals surface area (Å²) >= 11 is 11.3. The molecule has 0 spiro atoms. The van der Waals surface area contributed by atoms with Crippen molar-refractivity contribution in [1.82, 2.24) is 5.32 Å². The highest BCUT2D eigenvalue weighted by atomic mass is 35.5. The molecule has 1 fully saturated rings. The quantitative estimate of drug-likeness (QED) is 0.440. The van der Waals surface area contributed by atoms with Crippen LogP contribution >= 0.6 is 23.8 Å². The zero-order valence-electron chi connectivity index (χ0n) is 18.8. The second kappa shape index (κ2) is 11.8. The van der Waals surface area contributed by atoms with Crippen LogP contribution in [0.15, 0.2) is 78.9 Å². The van der Waals surface area contributed by atoms with Gasteiger partial charge in [0.1, 0.15) is 12.3 Å². The first-order valence-electron chi connectivity index (χ1n) is 11.3. The Morgan fingerprint density at radius 2 is 1.65 bits per heavy atom. The molecule has 1 heterocycles. The van der Waals surface area contributed by atoms with Crippen molar-refractivity contribution in [3.05, 3.63) is 89.4 Å². The summed E-state index contributed by atoms with van der Waals surface area (Å²) in [7, 11) is 0. The molecule has 0 aliphatic carbocycles. The molecule has 1 aliphatic heterocycles. The topological polar surface area (TPSA) is 58.0 Å². The first kappa shape index (κ1) is 24.0. The molecule has 3 N–H and O–H groups in total. The molecule has 1 aliphatic rings. The maximum Gasteiger partial charge on any atom is 0.264 e. The molecule has 176 valence electrons. The molecule has 34 heavy (non-hydrogen) atoms. The molecule has 0 atom stereocenters. The normalized spacial score (nSPS) is 13.9.